The number of benzene rings is 3. The highest BCUT2D eigenvalue weighted by Crippen LogP contribution is 2.61. The zero-order chi connectivity index (χ0) is 25.7. The Balaban J connectivity index is 1.11. The fraction of sp³-hybridized carbons (Fsp3) is 0.382. The molecule has 7 rings (SSSR count). The molecule has 4 heteroatoms. The molecule has 0 aliphatic heterocycles. The zero-order valence-electron chi connectivity index (χ0n) is 22.1. The first-order valence-electron chi connectivity index (χ1n) is 14.2. The molecule has 0 spiro atoms. The summed E-state index contributed by atoms with van der Waals surface area (Å²) in [5.41, 5.74) is 8.01. The quantitative estimate of drug-likeness (QED) is 0.308. The van der Waals surface area contributed by atoms with Gasteiger partial charge in [0.05, 0.1) is 5.69 Å². The van der Waals surface area contributed by atoms with Gasteiger partial charge in [-0.2, -0.15) is 0 Å². The van der Waals surface area contributed by atoms with Gasteiger partial charge in [-0.15, -0.1) is 5.10 Å². The van der Waals surface area contributed by atoms with Crippen LogP contribution in [0.3, 0.4) is 0 Å². The molecule has 0 bridgehead atoms. The molecule has 4 aromatic rings. The van der Waals surface area contributed by atoms with Crippen molar-refractivity contribution >= 4 is 0 Å². The number of aromatic nitrogens is 2. The van der Waals surface area contributed by atoms with Crippen LogP contribution in [0, 0.1) is 11.8 Å². The van der Waals surface area contributed by atoms with Crippen molar-refractivity contribution in [3.8, 4) is 11.6 Å². The first-order chi connectivity index (χ1) is 18.6. The summed E-state index contributed by atoms with van der Waals surface area (Å²) < 4.78 is 8.30. The monoisotopic (exact) mass is 504 g/mol. The molecule has 1 aromatic heterocycles. The number of aromatic hydroxyl groups is 1. The van der Waals surface area contributed by atoms with Gasteiger partial charge in [0.2, 0.25) is 5.88 Å². The molecular formula is C34H36N2O2. The van der Waals surface area contributed by atoms with Crippen molar-refractivity contribution in [2.45, 2.75) is 69.9 Å². The van der Waals surface area contributed by atoms with Gasteiger partial charge in [-0.25, -0.2) is 0 Å². The van der Waals surface area contributed by atoms with E-state index in [-0.39, 0.29) is 11.3 Å². The van der Waals surface area contributed by atoms with Gasteiger partial charge in [0.25, 0.3) is 0 Å². The Morgan fingerprint density at radius 2 is 1.74 bits per heavy atom. The summed E-state index contributed by atoms with van der Waals surface area (Å²) in [5.74, 6) is 3.04. The fourth-order valence-electron chi connectivity index (χ4n) is 7.96. The number of ether oxygens (including phenoxy) is 1. The molecule has 1 N–H and O–H groups in total. The maximum atomic E-state index is 10.9. The molecule has 1 saturated carbocycles. The number of aryl methyl sites for hydroxylation is 3. The summed E-state index contributed by atoms with van der Waals surface area (Å²) >= 11 is 0. The van der Waals surface area contributed by atoms with Gasteiger partial charge < -0.3 is 9.84 Å². The van der Waals surface area contributed by atoms with Gasteiger partial charge in [0.15, 0.2) is 0 Å². The Morgan fingerprint density at radius 3 is 2.53 bits per heavy atom. The van der Waals surface area contributed by atoms with Gasteiger partial charge in [0.1, 0.15) is 12.4 Å². The van der Waals surface area contributed by atoms with Crippen molar-refractivity contribution in [2.24, 2.45) is 11.8 Å². The summed E-state index contributed by atoms with van der Waals surface area (Å²) in [5, 5.41) is 15.5. The van der Waals surface area contributed by atoms with E-state index >= 15 is 0 Å². The number of hydrogen-bond acceptors (Lipinski definition) is 3. The highest BCUT2D eigenvalue weighted by Gasteiger charge is 2.55. The summed E-state index contributed by atoms with van der Waals surface area (Å²) in [6, 6.07) is 27.8. The van der Waals surface area contributed by atoms with Crippen LogP contribution in [0.25, 0.3) is 0 Å². The molecule has 38 heavy (non-hydrogen) atoms. The van der Waals surface area contributed by atoms with Crippen LogP contribution in [0.4, 0.5) is 0 Å². The third-order valence-electron chi connectivity index (χ3n) is 9.79. The minimum absolute atomic E-state index is 0.0808. The molecule has 0 radical (unpaired) electrons. The first-order valence-corrected chi connectivity index (χ1v) is 14.2. The standard InChI is InChI=1S/C34H36N2O2/c1-34-18-16-28-27-15-13-26(38-22-24-10-6-3-7-11-24)20-25(27)12-14-29(28)31(34)21-30-32(34)36(35-33(30)37)19-17-23-8-4-2-5-9-23/h2-11,13,15,20,28-29,31H,12,14,16-19,21-22H2,1H3,(H,35,37)/t28?,29?,31?,34-/m0/s1. The Kier molecular flexibility index (Phi) is 5.79. The molecule has 4 atom stereocenters. The Bertz CT molecular complexity index is 1440. The average molecular weight is 505 g/mol. The summed E-state index contributed by atoms with van der Waals surface area (Å²) in [6.07, 6.45) is 6.55. The van der Waals surface area contributed by atoms with Crippen LogP contribution in [0.15, 0.2) is 78.9 Å². The molecule has 0 amide bonds. The highest BCUT2D eigenvalue weighted by molar-refractivity contribution is 5.46. The fourth-order valence-corrected chi connectivity index (χ4v) is 7.96. The van der Waals surface area contributed by atoms with Crippen molar-refractivity contribution in [3.05, 3.63) is 112 Å². The third kappa shape index (κ3) is 3.93. The zero-order valence-corrected chi connectivity index (χ0v) is 22.1. The molecule has 4 nitrogen and oxygen atoms in total. The van der Waals surface area contributed by atoms with Crippen molar-refractivity contribution < 1.29 is 9.84 Å². The number of rotatable bonds is 6. The molecule has 1 heterocycles. The van der Waals surface area contributed by atoms with Gasteiger partial charge in [-0.05, 0) is 90.7 Å². The van der Waals surface area contributed by atoms with E-state index in [1.165, 1.54) is 40.8 Å². The van der Waals surface area contributed by atoms with Gasteiger partial charge in [0, 0.05) is 17.5 Å². The van der Waals surface area contributed by atoms with Crippen LogP contribution in [-0.2, 0) is 37.8 Å². The third-order valence-corrected chi connectivity index (χ3v) is 9.79. The lowest BCUT2D eigenvalue weighted by molar-refractivity contribution is 0.0993. The lowest BCUT2D eigenvalue weighted by Crippen LogP contribution is -2.44. The maximum Gasteiger partial charge on any atom is 0.233 e. The molecular weight excluding hydrogens is 468 g/mol. The minimum atomic E-state index is 0.0808. The predicted octanol–water partition coefficient (Wildman–Crippen LogP) is 6.98. The minimum Gasteiger partial charge on any atom is -0.492 e. The Morgan fingerprint density at radius 1 is 0.974 bits per heavy atom. The van der Waals surface area contributed by atoms with Crippen molar-refractivity contribution in [1.29, 1.82) is 0 Å². The number of fused-ring (bicyclic) bond motifs is 7. The highest BCUT2D eigenvalue weighted by atomic mass is 16.5. The van der Waals surface area contributed by atoms with Crippen LogP contribution in [0.5, 0.6) is 11.6 Å². The molecule has 0 saturated heterocycles. The number of hydrogen-bond donors (Lipinski definition) is 1. The molecule has 3 unspecified atom stereocenters. The Hall–Kier alpha value is -3.53. The van der Waals surface area contributed by atoms with E-state index in [0.717, 1.165) is 43.5 Å². The second kappa shape index (κ2) is 9.34. The van der Waals surface area contributed by atoms with Gasteiger partial charge in [-0.1, -0.05) is 73.7 Å². The van der Waals surface area contributed by atoms with Gasteiger partial charge >= 0.3 is 0 Å². The van der Waals surface area contributed by atoms with E-state index in [2.05, 4.69) is 89.5 Å². The van der Waals surface area contributed by atoms with Crippen LogP contribution in [0.2, 0.25) is 0 Å². The lowest BCUT2D eigenvalue weighted by Gasteiger charge is -2.49. The van der Waals surface area contributed by atoms with E-state index < -0.39 is 0 Å². The van der Waals surface area contributed by atoms with E-state index in [1.807, 2.05) is 6.07 Å². The van der Waals surface area contributed by atoms with Crippen LogP contribution >= 0.6 is 0 Å². The number of nitrogens with zero attached hydrogens (tertiary/aromatic N) is 2. The largest absolute Gasteiger partial charge is 0.492 e. The molecule has 3 aliphatic carbocycles. The van der Waals surface area contributed by atoms with Crippen molar-refractivity contribution in [2.75, 3.05) is 0 Å². The smallest absolute Gasteiger partial charge is 0.233 e. The molecule has 1 fully saturated rings. The van der Waals surface area contributed by atoms with Crippen molar-refractivity contribution in [3.63, 3.8) is 0 Å². The van der Waals surface area contributed by atoms with Crippen LogP contribution in [-0.4, -0.2) is 14.9 Å². The average Bonchev–Trinajstić information content (AvgIpc) is 3.45. The first kappa shape index (κ1) is 23.6. The van der Waals surface area contributed by atoms with E-state index in [9.17, 15) is 5.11 Å². The topological polar surface area (TPSA) is 47.3 Å². The molecule has 3 aliphatic rings. The summed E-state index contributed by atoms with van der Waals surface area (Å²) in [7, 11) is 0. The Labute approximate surface area is 225 Å². The second-order valence-corrected chi connectivity index (χ2v) is 11.8. The van der Waals surface area contributed by atoms with E-state index in [4.69, 9.17) is 4.74 Å². The maximum absolute atomic E-state index is 10.9. The lowest BCUT2D eigenvalue weighted by atomic mass is 9.55. The van der Waals surface area contributed by atoms with E-state index in [0.29, 0.717) is 24.4 Å². The normalized spacial score (nSPS) is 25.2. The summed E-state index contributed by atoms with van der Waals surface area (Å²) in [6.45, 7) is 3.88. The van der Waals surface area contributed by atoms with Crippen LogP contribution < -0.4 is 4.74 Å². The summed E-state index contributed by atoms with van der Waals surface area (Å²) in [4.78, 5) is 0. The van der Waals surface area contributed by atoms with E-state index in [1.54, 1.807) is 0 Å². The van der Waals surface area contributed by atoms with Crippen LogP contribution in [0.1, 0.15) is 65.6 Å². The molecule has 3 aromatic carbocycles. The van der Waals surface area contributed by atoms with Crippen molar-refractivity contribution in [1.82, 2.24) is 9.78 Å². The second-order valence-electron chi connectivity index (χ2n) is 11.8. The SMILES string of the molecule is C[C@]12CCC3c4ccc(OCc5ccccc5)cc4CCC3C1Cc1c(O)nn(CCc3ccccc3)c12. The predicted molar refractivity (Wildman–Crippen MR) is 150 cm³/mol. The van der Waals surface area contributed by atoms with Gasteiger partial charge in [-0.3, -0.25) is 4.68 Å². The molecule has 194 valence electrons.